The molecular weight excluding hydrogens is 299 g/mol. The van der Waals surface area contributed by atoms with E-state index in [4.69, 9.17) is 0 Å². The highest BCUT2D eigenvalue weighted by Crippen LogP contribution is 2.31. The molecule has 0 bridgehead atoms. The second-order valence-corrected chi connectivity index (χ2v) is 5.53. The van der Waals surface area contributed by atoms with Crippen molar-refractivity contribution in [3.63, 3.8) is 0 Å². The lowest BCUT2D eigenvalue weighted by Crippen LogP contribution is -2.35. The standard InChI is InChI=1S/C15H18F3NO3/c16-11-8-10(4-5-12(11)22-14(17)18)19-13(20)9-15(21)6-2-1-3-7-15/h4-5,8,14,21H,1-3,6-7,9H2,(H,19,20). The van der Waals surface area contributed by atoms with Gasteiger partial charge in [-0.15, -0.1) is 0 Å². The minimum absolute atomic E-state index is 0.0656. The Balaban J connectivity index is 1.95. The number of halogens is 3. The number of carbonyl (C=O) groups excluding carboxylic acids is 1. The molecule has 2 rings (SSSR count). The quantitative estimate of drug-likeness (QED) is 0.874. The summed E-state index contributed by atoms with van der Waals surface area (Å²) in [5, 5.41) is 12.7. The van der Waals surface area contributed by atoms with Gasteiger partial charge in [-0.25, -0.2) is 4.39 Å². The Morgan fingerprint density at radius 3 is 2.59 bits per heavy atom. The SMILES string of the molecule is O=C(CC1(O)CCCCC1)Nc1ccc(OC(F)F)c(F)c1. The smallest absolute Gasteiger partial charge is 0.387 e. The highest BCUT2D eigenvalue weighted by molar-refractivity contribution is 5.91. The van der Waals surface area contributed by atoms with Crippen molar-refractivity contribution in [1.82, 2.24) is 0 Å². The Hall–Kier alpha value is -1.76. The number of alkyl halides is 2. The van der Waals surface area contributed by atoms with Crippen LogP contribution in [0.1, 0.15) is 38.5 Å². The van der Waals surface area contributed by atoms with Crippen molar-refractivity contribution in [3.05, 3.63) is 24.0 Å². The van der Waals surface area contributed by atoms with Gasteiger partial charge in [0.15, 0.2) is 11.6 Å². The summed E-state index contributed by atoms with van der Waals surface area (Å²) in [6.45, 7) is -3.12. The number of rotatable bonds is 5. The molecule has 0 heterocycles. The summed E-state index contributed by atoms with van der Waals surface area (Å²) in [6, 6.07) is 3.19. The van der Waals surface area contributed by atoms with Crippen LogP contribution in [0.2, 0.25) is 0 Å². The Labute approximate surface area is 126 Å². The maximum Gasteiger partial charge on any atom is 0.387 e. The van der Waals surface area contributed by atoms with E-state index in [0.29, 0.717) is 12.8 Å². The van der Waals surface area contributed by atoms with Gasteiger partial charge < -0.3 is 15.2 Å². The fraction of sp³-hybridized carbons (Fsp3) is 0.533. The predicted octanol–water partition coefficient (Wildman–Crippen LogP) is 3.45. The van der Waals surface area contributed by atoms with Crippen LogP contribution in [0.3, 0.4) is 0 Å². The molecule has 7 heteroatoms. The molecule has 1 aliphatic carbocycles. The third-order valence-electron chi connectivity index (χ3n) is 3.71. The van der Waals surface area contributed by atoms with Gasteiger partial charge in [0.05, 0.1) is 12.0 Å². The zero-order valence-electron chi connectivity index (χ0n) is 11.9. The number of hydrogen-bond acceptors (Lipinski definition) is 3. The number of carbonyl (C=O) groups is 1. The summed E-state index contributed by atoms with van der Waals surface area (Å²) in [6.07, 6.45) is 3.85. The van der Waals surface area contributed by atoms with E-state index in [2.05, 4.69) is 10.1 Å². The Bertz CT molecular complexity index is 531. The van der Waals surface area contributed by atoms with Gasteiger partial charge in [0, 0.05) is 11.8 Å². The lowest BCUT2D eigenvalue weighted by Gasteiger charge is -2.31. The monoisotopic (exact) mass is 317 g/mol. The second kappa shape index (κ2) is 7.00. The highest BCUT2D eigenvalue weighted by Gasteiger charge is 2.31. The van der Waals surface area contributed by atoms with Crippen molar-refractivity contribution in [1.29, 1.82) is 0 Å². The van der Waals surface area contributed by atoms with Crippen molar-refractivity contribution in [2.24, 2.45) is 0 Å². The maximum atomic E-state index is 13.5. The molecule has 1 saturated carbocycles. The van der Waals surface area contributed by atoms with Crippen LogP contribution in [0.25, 0.3) is 0 Å². The number of hydrogen-bond donors (Lipinski definition) is 2. The molecule has 1 amide bonds. The summed E-state index contributed by atoms with van der Waals surface area (Å²) in [5.41, 5.74) is -0.886. The minimum atomic E-state index is -3.12. The molecule has 0 atom stereocenters. The summed E-state index contributed by atoms with van der Waals surface area (Å²) in [5.74, 6) is -2.01. The molecule has 1 aliphatic rings. The van der Waals surface area contributed by atoms with Gasteiger partial charge in [-0.2, -0.15) is 8.78 Å². The van der Waals surface area contributed by atoms with E-state index in [1.54, 1.807) is 0 Å². The van der Waals surface area contributed by atoms with E-state index in [9.17, 15) is 23.1 Å². The van der Waals surface area contributed by atoms with Crippen LogP contribution in [-0.2, 0) is 4.79 Å². The van der Waals surface area contributed by atoms with Crippen molar-refractivity contribution in [3.8, 4) is 5.75 Å². The van der Waals surface area contributed by atoms with Gasteiger partial charge in [-0.3, -0.25) is 4.79 Å². The first-order valence-electron chi connectivity index (χ1n) is 7.15. The molecule has 22 heavy (non-hydrogen) atoms. The van der Waals surface area contributed by atoms with Gasteiger partial charge in [-0.1, -0.05) is 19.3 Å². The van der Waals surface area contributed by atoms with E-state index in [0.717, 1.165) is 31.4 Å². The number of nitrogens with one attached hydrogen (secondary N) is 1. The van der Waals surface area contributed by atoms with Crippen LogP contribution in [0, 0.1) is 5.82 Å². The molecule has 1 aromatic rings. The molecule has 4 nitrogen and oxygen atoms in total. The van der Waals surface area contributed by atoms with E-state index in [-0.39, 0.29) is 12.1 Å². The van der Waals surface area contributed by atoms with Crippen molar-refractivity contribution in [2.45, 2.75) is 50.7 Å². The van der Waals surface area contributed by atoms with Gasteiger partial charge in [-0.05, 0) is 25.0 Å². The molecule has 0 radical (unpaired) electrons. The first kappa shape index (κ1) is 16.6. The van der Waals surface area contributed by atoms with Crippen LogP contribution in [0.4, 0.5) is 18.9 Å². The van der Waals surface area contributed by atoms with E-state index in [1.165, 1.54) is 6.07 Å². The third kappa shape index (κ3) is 4.62. The summed E-state index contributed by atoms with van der Waals surface area (Å²) >= 11 is 0. The van der Waals surface area contributed by atoms with Gasteiger partial charge >= 0.3 is 6.61 Å². The summed E-state index contributed by atoms with van der Waals surface area (Å²) in [7, 11) is 0. The van der Waals surface area contributed by atoms with Crippen molar-refractivity contribution < 1.29 is 27.8 Å². The average Bonchev–Trinajstić information content (AvgIpc) is 2.41. The Morgan fingerprint density at radius 2 is 2.00 bits per heavy atom. The van der Waals surface area contributed by atoms with Gasteiger partial charge in [0.25, 0.3) is 0 Å². The lowest BCUT2D eigenvalue weighted by molar-refractivity contribution is -0.122. The van der Waals surface area contributed by atoms with E-state index >= 15 is 0 Å². The Morgan fingerprint density at radius 1 is 1.32 bits per heavy atom. The fourth-order valence-corrected chi connectivity index (χ4v) is 2.66. The zero-order valence-corrected chi connectivity index (χ0v) is 11.9. The number of aliphatic hydroxyl groups is 1. The molecule has 1 fully saturated rings. The van der Waals surface area contributed by atoms with E-state index < -0.39 is 29.7 Å². The van der Waals surface area contributed by atoms with Crippen LogP contribution >= 0.6 is 0 Å². The normalized spacial score (nSPS) is 17.3. The van der Waals surface area contributed by atoms with Crippen LogP contribution < -0.4 is 10.1 Å². The minimum Gasteiger partial charge on any atom is -0.432 e. The van der Waals surface area contributed by atoms with Gasteiger partial charge in [0.1, 0.15) is 0 Å². The summed E-state index contributed by atoms with van der Waals surface area (Å²) in [4.78, 5) is 11.9. The molecule has 0 unspecified atom stereocenters. The molecule has 0 saturated heterocycles. The number of benzene rings is 1. The molecule has 0 aromatic heterocycles. The van der Waals surface area contributed by atoms with Crippen LogP contribution in [0.5, 0.6) is 5.75 Å². The molecule has 2 N–H and O–H groups in total. The lowest BCUT2D eigenvalue weighted by atomic mass is 9.82. The first-order chi connectivity index (χ1) is 10.4. The van der Waals surface area contributed by atoms with Gasteiger partial charge in [0.2, 0.25) is 5.91 Å². The maximum absolute atomic E-state index is 13.5. The van der Waals surface area contributed by atoms with Crippen molar-refractivity contribution in [2.75, 3.05) is 5.32 Å². The summed E-state index contributed by atoms with van der Waals surface area (Å²) < 4.78 is 41.6. The number of ether oxygens (including phenoxy) is 1. The van der Waals surface area contributed by atoms with Crippen molar-refractivity contribution >= 4 is 11.6 Å². The molecule has 0 spiro atoms. The number of amides is 1. The molecule has 0 aliphatic heterocycles. The largest absolute Gasteiger partial charge is 0.432 e. The topological polar surface area (TPSA) is 58.6 Å². The zero-order chi connectivity index (χ0) is 16.2. The second-order valence-electron chi connectivity index (χ2n) is 5.53. The fourth-order valence-electron chi connectivity index (χ4n) is 2.66. The first-order valence-corrected chi connectivity index (χ1v) is 7.15. The Kier molecular flexibility index (Phi) is 5.28. The van der Waals surface area contributed by atoms with Crippen LogP contribution in [0.15, 0.2) is 18.2 Å². The molecule has 1 aromatic carbocycles. The third-order valence-corrected chi connectivity index (χ3v) is 3.71. The van der Waals surface area contributed by atoms with E-state index in [1.807, 2.05) is 0 Å². The molecule has 122 valence electrons. The number of anilines is 1. The highest BCUT2D eigenvalue weighted by atomic mass is 19.3. The molecular formula is C15H18F3NO3. The van der Waals surface area contributed by atoms with Crippen LogP contribution in [-0.4, -0.2) is 23.2 Å². The average molecular weight is 317 g/mol. The predicted molar refractivity (Wildman–Crippen MR) is 74.3 cm³/mol.